The summed E-state index contributed by atoms with van der Waals surface area (Å²) in [6.45, 7) is 6.07. The summed E-state index contributed by atoms with van der Waals surface area (Å²) in [7, 11) is 0. The molecular formula is C12H19N3O3. The summed E-state index contributed by atoms with van der Waals surface area (Å²) >= 11 is 0. The smallest absolute Gasteiger partial charge is 0.306 e. The Labute approximate surface area is 106 Å². The van der Waals surface area contributed by atoms with Gasteiger partial charge in [-0.3, -0.25) is 14.3 Å². The second kappa shape index (κ2) is 6.78. The second-order valence-corrected chi connectivity index (χ2v) is 4.16. The van der Waals surface area contributed by atoms with Crippen molar-refractivity contribution in [2.24, 2.45) is 0 Å². The van der Waals surface area contributed by atoms with Crippen LogP contribution in [0.3, 0.4) is 0 Å². The van der Waals surface area contributed by atoms with Crippen LogP contribution < -0.4 is 5.32 Å². The molecule has 0 aliphatic rings. The monoisotopic (exact) mass is 253 g/mol. The molecule has 100 valence electrons. The minimum absolute atomic E-state index is 0.0952. The lowest BCUT2D eigenvalue weighted by molar-refractivity contribution is -0.144. The maximum atomic E-state index is 11.5. The second-order valence-electron chi connectivity index (χ2n) is 4.16. The molecule has 0 unspecified atom stereocenters. The average Bonchev–Trinajstić information content (AvgIpc) is 2.75. The predicted octanol–water partition coefficient (Wildman–Crippen LogP) is 1.75. The molecule has 1 aromatic rings. The lowest BCUT2D eigenvalue weighted by Gasteiger charge is -2.04. The summed E-state index contributed by atoms with van der Waals surface area (Å²) in [5.74, 6) is -0.572. The third kappa shape index (κ3) is 4.57. The topological polar surface area (TPSA) is 73.2 Å². The summed E-state index contributed by atoms with van der Waals surface area (Å²) in [5, 5.41) is 6.79. The molecular weight excluding hydrogens is 234 g/mol. The van der Waals surface area contributed by atoms with Crippen LogP contribution in [0.15, 0.2) is 12.4 Å². The number of ether oxygens (including phenoxy) is 1. The maximum absolute atomic E-state index is 11.5. The number of esters is 1. The standard InChI is InChI=1S/C12H19N3O3/c1-4-18-12(17)6-5-11(16)14-10-7-13-15(8-10)9(2)3/h7-9H,4-6H2,1-3H3,(H,14,16). The van der Waals surface area contributed by atoms with Crippen molar-refractivity contribution in [3.8, 4) is 0 Å². The highest BCUT2D eigenvalue weighted by molar-refractivity contribution is 5.92. The van der Waals surface area contributed by atoms with Gasteiger partial charge in [0.1, 0.15) is 0 Å². The molecule has 1 rings (SSSR count). The first-order valence-electron chi connectivity index (χ1n) is 6.02. The number of aromatic nitrogens is 2. The van der Waals surface area contributed by atoms with Gasteiger partial charge in [-0.05, 0) is 20.8 Å². The first-order chi connectivity index (χ1) is 8.52. The fourth-order valence-corrected chi connectivity index (χ4v) is 1.36. The first-order valence-corrected chi connectivity index (χ1v) is 6.02. The normalized spacial score (nSPS) is 10.4. The van der Waals surface area contributed by atoms with Crippen molar-refractivity contribution < 1.29 is 14.3 Å². The van der Waals surface area contributed by atoms with Crippen LogP contribution in [0.4, 0.5) is 5.69 Å². The number of nitrogens with one attached hydrogen (secondary N) is 1. The van der Waals surface area contributed by atoms with Crippen LogP contribution in [0.5, 0.6) is 0 Å². The molecule has 0 fully saturated rings. The number of carbonyl (C=O) groups is 2. The van der Waals surface area contributed by atoms with Crippen LogP contribution >= 0.6 is 0 Å². The van der Waals surface area contributed by atoms with Gasteiger partial charge in [0.05, 0.1) is 24.9 Å². The van der Waals surface area contributed by atoms with Crippen molar-refractivity contribution in [2.45, 2.75) is 39.7 Å². The largest absolute Gasteiger partial charge is 0.466 e. The van der Waals surface area contributed by atoms with Gasteiger partial charge in [0.2, 0.25) is 5.91 Å². The Hall–Kier alpha value is -1.85. The molecule has 1 N–H and O–H groups in total. The summed E-state index contributed by atoms with van der Waals surface area (Å²) in [5.41, 5.74) is 0.637. The third-order valence-corrected chi connectivity index (χ3v) is 2.28. The van der Waals surface area contributed by atoms with E-state index in [9.17, 15) is 9.59 Å². The third-order valence-electron chi connectivity index (χ3n) is 2.28. The van der Waals surface area contributed by atoms with E-state index in [4.69, 9.17) is 4.74 Å². The van der Waals surface area contributed by atoms with Gasteiger partial charge in [0.15, 0.2) is 0 Å². The van der Waals surface area contributed by atoms with Crippen LogP contribution in [0.25, 0.3) is 0 Å². The number of rotatable bonds is 6. The van der Waals surface area contributed by atoms with Gasteiger partial charge in [-0.1, -0.05) is 0 Å². The number of anilines is 1. The molecule has 0 spiro atoms. The fraction of sp³-hybridized carbons (Fsp3) is 0.583. The first kappa shape index (κ1) is 14.2. The molecule has 1 aromatic heterocycles. The van der Waals surface area contributed by atoms with Gasteiger partial charge in [-0.15, -0.1) is 0 Å². The highest BCUT2D eigenvalue weighted by atomic mass is 16.5. The predicted molar refractivity (Wildman–Crippen MR) is 67.1 cm³/mol. The lowest BCUT2D eigenvalue weighted by atomic mass is 10.3. The van der Waals surface area contributed by atoms with Crippen molar-refractivity contribution in [1.29, 1.82) is 0 Å². The van der Waals surface area contributed by atoms with Crippen molar-refractivity contribution >= 4 is 17.6 Å². The van der Waals surface area contributed by atoms with E-state index in [0.29, 0.717) is 12.3 Å². The van der Waals surface area contributed by atoms with Crippen molar-refractivity contribution in [3.05, 3.63) is 12.4 Å². The Balaban J connectivity index is 2.37. The minimum atomic E-state index is -0.356. The Morgan fingerprint density at radius 3 is 2.72 bits per heavy atom. The van der Waals surface area contributed by atoms with Crippen LogP contribution in [-0.4, -0.2) is 28.3 Å². The van der Waals surface area contributed by atoms with E-state index in [-0.39, 0.29) is 30.8 Å². The number of amides is 1. The molecule has 1 amide bonds. The van der Waals surface area contributed by atoms with Gasteiger partial charge in [0.25, 0.3) is 0 Å². The number of carbonyl (C=O) groups excluding carboxylic acids is 2. The average molecular weight is 253 g/mol. The van der Waals surface area contributed by atoms with Crippen LogP contribution in [-0.2, 0) is 14.3 Å². The summed E-state index contributed by atoms with van der Waals surface area (Å²) < 4.78 is 6.49. The number of hydrogen-bond acceptors (Lipinski definition) is 4. The Morgan fingerprint density at radius 1 is 1.44 bits per heavy atom. The molecule has 0 saturated carbocycles. The molecule has 0 atom stereocenters. The SMILES string of the molecule is CCOC(=O)CCC(=O)Nc1cnn(C(C)C)c1. The van der Waals surface area contributed by atoms with E-state index in [0.717, 1.165) is 0 Å². The Bertz CT molecular complexity index is 412. The summed E-state index contributed by atoms with van der Waals surface area (Å²) in [4.78, 5) is 22.6. The molecule has 6 heteroatoms. The lowest BCUT2D eigenvalue weighted by Crippen LogP contribution is -2.14. The molecule has 0 aliphatic heterocycles. The van der Waals surface area contributed by atoms with Gasteiger partial charge in [0, 0.05) is 18.7 Å². The Morgan fingerprint density at radius 2 is 2.17 bits per heavy atom. The highest BCUT2D eigenvalue weighted by Gasteiger charge is 2.09. The van der Waals surface area contributed by atoms with Crippen LogP contribution in [0, 0.1) is 0 Å². The zero-order valence-corrected chi connectivity index (χ0v) is 11.0. The minimum Gasteiger partial charge on any atom is -0.466 e. The van der Waals surface area contributed by atoms with E-state index in [1.807, 2.05) is 13.8 Å². The molecule has 1 heterocycles. The molecule has 0 bridgehead atoms. The van der Waals surface area contributed by atoms with Crippen molar-refractivity contribution in [1.82, 2.24) is 9.78 Å². The van der Waals surface area contributed by atoms with Gasteiger partial charge < -0.3 is 10.1 Å². The zero-order valence-electron chi connectivity index (χ0n) is 11.0. The van der Waals surface area contributed by atoms with Crippen LogP contribution in [0.1, 0.15) is 39.7 Å². The molecule has 0 aliphatic carbocycles. The molecule has 0 saturated heterocycles. The van der Waals surface area contributed by atoms with E-state index >= 15 is 0 Å². The maximum Gasteiger partial charge on any atom is 0.306 e. The highest BCUT2D eigenvalue weighted by Crippen LogP contribution is 2.10. The van der Waals surface area contributed by atoms with Gasteiger partial charge in [-0.25, -0.2) is 0 Å². The summed E-state index contributed by atoms with van der Waals surface area (Å²) in [6.07, 6.45) is 3.55. The quantitative estimate of drug-likeness (QED) is 0.784. The van der Waals surface area contributed by atoms with Crippen molar-refractivity contribution in [3.63, 3.8) is 0 Å². The summed E-state index contributed by atoms with van der Waals surface area (Å²) in [6, 6.07) is 0.246. The fourth-order valence-electron chi connectivity index (χ4n) is 1.36. The van der Waals surface area contributed by atoms with Crippen molar-refractivity contribution in [2.75, 3.05) is 11.9 Å². The van der Waals surface area contributed by atoms with E-state index in [2.05, 4.69) is 10.4 Å². The molecule has 18 heavy (non-hydrogen) atoms. The van der Waals surface area contributed by atoms with E-state index in [1.165, 1.54) is 0 Å². The van der Waals surface area contributed by atoms with Crippen LogP contribution in [0.2, 0.25) is 0 Å². The van der Waals surface area contributed by atoms with Gasteiger partial charge in [-0.2, -0.15) is 5.10 Å². The Kier molecular flexibility index (Phi) is 5.35. The molecule has 6 nitrogen and oxygen atoms in total. The van der Waals surface area contributed by atoms with E-state index in [1.54, 1.807) is 24.0 Å². The number of nitrogens with zero attached hydrogens (tertiary/aromatic N) is 2. The van der Waals surface area contributed by atoms with Gasteiger partial charge >= 0.3 is 5.97 Å². The number of hydrogen-bond donors (Lipinski definition) is 1. The van der Waals surface area contributed by atoms with E-state index < -0.39 is 0 Å². The zero-order chi connectivity index (χ0) is 13.5. The molecule has 0 aromatic carbocycles. The molecule has 0 radical (unpaired) electrons.